The average Bonchev–Trinajstić information content (AvgIpc) is 2.46. The molecule has 0 unspecified atom stereocenters. The maximum Gasteiger partial charge on any atom is 0.259 e. The molecular weight excluding hydrogens is 278 g/mol. The summed E-state index contributed by atoms with van der Waals surface area (Å²) in [6, 6.07) is 9.22. The van der Waals surface area contributed by atoms with Crippen LogP contribution in [0.15, 0.2) is 40.7 Å². The van der Waals surface area contributed by atoms with Crippen LogP contribution >= 0.6 is 0 Å². The Balaban J connectivity index is 2.46. The third-order valence-corrected chi connectivity index (χ3v) is 3.46. The molecule has 4 nitrogen and oxygen atoms in total. The van der Waals surface area contributed by atoms with Crippen molar-refractivity contribution in [3.05, 3.63) is 68.6 Å². The molecule has 1 N–H and O–H groups in total. The molecule has 2 rings (SSSR count). The molecule has 0 aliphatic heterocycles. The molecule has 0 radical (unpaired) electrons. The number of ether oxygens (including phenoxy) is 1. The molecule has 2 aromatic rings. The van der Waals surface area contributed by atoms with Gasteiger partial charge in [0, 0.05) is 11.3 Å². The van der Waals surface area contributed by atoms with E-state index in [-0.39, 0.29) is 16.9 Å². The van der Waals surface area contributed by atoms with Crippen molar-refractivity contribution in [2.24, 2.45) is 0 Å². The van der Waals surface area contributed by atoms with Gasteiger partial charge in [0.15, 0.2) is 5.78 Å². The lowest BCUT2D eigenvalue weighted by Crippen LogP contribution is -2.21. The normalized spacial score (nSPS) is 11.4. The number of carbonyl (C=O) groups excluding carboxylic acids is 1. The molecule has 114 valence electrons. The number of methoxy groups -OCH3 is 1. The standard InChI is InChI=1S/C18H19NO3/c1-11-9-13(3)19-18(21)16(11)17(20)12(2)10-14-7-5-6-8-15(14)22-4/h5-10H,1-4H3,(H,19,21)/b12-10-. The maximum absolute atomic E-state index is 12.6. The lowest BCUT2D eigenvalue weighted by Gasteiger charge is -2.07. The number of H-pyrrole nitrogens is 1. The van der Waals surface area contributed by atoms with Gasteiger partial charge in [-0.1, -0.05) is 18.2 Å². The number of para-hydroxylation sites is 1. The number of Topliss-reactive ketones (excluding diaryl/α,β-unsaturated/α-hetero) is 1. The largest absolute Gasteiger partial charge is 0.496 e. The second kappa shape index (κ2) is 6.43. The number of pyridine rings is 1. The number of allylic oxidation sites excluding steroid dienone is 1. The van der Waals surface area contributed by atoms with Crippen LogP contribution in [0.4, 0.5) is 0 Å². The fourth-order valence-corrected chi connectivity index (χ4v) is 2.42. The van der Waals surface area contributed by atoms with Crippen LogP contribution in [-0.2, 0) is 0 Å². The van der Waals surface area contributed by atoms with E-state index in [4.69, 9.17) is 4.74 Å². The minimum absolute atomic E-state index is 0.189. The summed E-state index contributed by atoms with van der Waals surface area (Å²) in [5.74, 6) is 0.411. The zero-order valence-electron chi connectivity index (χ0n) is 13.2. The Kier molecular flexibility index (Phi) is 4.61. The van der Waals surface area contributed by atoms with Gasteiger partial charge >= 0.3 is 0 Å². The van der Waals surface area contributed by atoms with Crippen molar-refractivity contribution in [2.75, 3.05) is 7.11 Å². The number of nitrogens with one attached hydrogen (secondary N) is 1. The zero-order chi connectivity index (χ0) is 16.3. The van der Waals surface area contributed by atoms with Crippen LogP contribution in [0.5, 0.6) is 5.75 Å². The first-order valence-electron chi connectivity index (χ1n) is 7.00. The topological polar surface area (TPSA) is 59.2 Å². The highest BCUT2D eigenvalue weighted by atomic mass is 16.5. The number of rotatable bonds is 4. The van der Waals surface area contributed by atoms with Gasteiger partial charge in [-0.3, -0.25) is 9.59 Å². The van der Waals surface area contributed by atoms with Gasteiger partial charge in [-0.25, -0.2) is 0 Å². The predicted octanol–water partition coefficient (Wildman–Crippen LogP) is 3.29. The molecule has 0 saturated heterocycles. The van der Waals surface area contributed by atoms with Gasteiger partial charge in [0.05, 0.1) is 12.7 Å². The molecule has 1 aromatic heterocycles. The first kappa shape index (κ1) is 15.8. The van der Waals surface area contributed by atoms with Gasteiger partial charge < -0.3 is 9.72 Å². The molecule has 22 heavy (non-hydrogen) atoms. The van der Waals surface area contributed by atoms with E-state index in [9.17, 15) is 9.59 Å². The zero-order valence-corrected chi connectivity index (χ0v) is 13.2. The SMILES string of the molecule is COc1ccccc1/C=C(/C)C(=O)c1c(C)cc(C)[nH]c1=O. The van der Waals surface area contributed by atoms with Crippen LogP contribution in [0.1, 0.15) is 34.1 Å². The van der Waals surface area contributed by atoms with E-state index in [1.807, 2.05) is 24.3 Å². The number of aromatic nitrogens is 1. The minimum atomic E-state index is -0.352. The molecule has 0 spiro atoms. The second-order valence-electron chi connectivity index (χ2n) is 5.24. The summed E-state index contributed by atoms with van der Waals surface area (Å²) in [5, 5.41) is 0. The van der Waals surface area contributed by atoms with Crippen LogP contribution in [0.3, 0.4) is 0 Å². The van der Waals surface area contributed by atoms with Crippen LogP contribution < -0.4 is 10.3 Å². The van der Waals surface area contributed by atoms with E-state index in [0.717, 1.165) is 11.3 Å². The average molecular weight is 297 g/mol. The van der Waals surface area contributed by atoms with Crippen LogP contribution in [0.2, 0.25) is 0 Å². The lowest BCUT2D eigenvalue weighted by atomic mass is 9.99. The number of hydrogen-bond donors (Lipinski definition) is 1. The van der Waals surface area contributed by atoms with Crippen molar-refractivity contribution in [1.82, 2.24) is 4.98 Å². The maximum atomic E-state index is 12.6. The van der Waals surface area contributed by atoms with Crippen molar-refractivity contribution in [3.63, 3.8) is 0 Å². The Bertz CT molecular complexity index is 800. The summed E-state index contributed by atoms with van der Waals surface area (Å²) >= 11 is 0. The summed E-state index contributed by atoms with van der Waals surface area (Å²) in [6.07, 6.45) is 1.74. The monoisotopic (exact) mass is 297 g/mol. The molecule has 4 heteroatoms. The van der Waals surface area contributed by atoms with E-state index >= 15 is 0 Å². The van der Waals surface area contributed by atoms with Gasteiger partial charge in [-0.05, 0) is 50.1 Å². The van der Waals surface area contributed by atoms with E-state index in [0.29, 0.717) is 16.9 Å². The Morgan fingerprint density at radius 2 is 1.91 bits per heavy atom. The van der Waals surface area contributed by atoms with Gasteiger partial charge in [-0.2, -0.15) is 0 Å². The first-order valence-corrected chi connectivity index (χ1v) is 7.00. The number of aryl methyl sites for hydroxylation is 2. The molecule has 0 bridgehead atoms. The van der Waals surface area contributed by atoms with E-state index < -0.39 is 0 Å². The summed E-state index contributed by atoms with van der Waals surface area (Å²) in [5.41, 5.74) is 2.55. The molecule has 1 aromatic carbocycles. The van der Waals surface area contributed by atoms with Crippen molar-refractivity contribution in [1.29, 1.82) is 0 Å². The highest BCUT2D eigenvalue weighted by Gasteiger charge is 2.16. The Labute approximate surface area is 129 Å². The van der Waals surface area contributed by atoms with Crippen LogP contribution in [0, 0.1) is 13.8 Å². The summed E-state index contributed by atoms with van der Waals surface area (Å²) in [6.45, 7) is 5.26. The number of aromatic amines is 1. The molecule has 0 atom stereocenters. The molecule has 0 aliphatic rings. The molecule has 0 saturated carbocycles. The smallest absolute Gasteiger partial charge is 0.259 e. The van der Waals surface area contributed by atoms with Crippen molar-refractivity contribution in [2.45, 2.75) is 20.8 Å². The minimum Gasteiger partial charge on any atom is -0.496 e. The van der Waals surface area contributed by atoms with Crippen molar-refractivity contribution >= 4 is 11.9 Å². The second-order valence-corrected chi connectivity index (χ2v) is 5.24. The van der Waals surface area contributed by atoms with Crippen LogP contribution in [-0.4, -0.2) is 17.9 Å². The van der Waals surface area contributed by atoms with Gasteiger partial charge in [0.2, 0.25) is 0 Å². The summed E-state index contributed by atoms with van der Waals surface area (Å²) in [4.78, 5) is 27.3. The van der Waals surface area contributed by atoms with Crippen molar-refractivity contribution < 1.29 is 9.53 Å². The number of ketones is 1. The van der Waals surface area contributed by atoms with Crippen LogP contribution in [0.25, 0.3) is 6.08 Å². The van der Waals surface area contributed by atoms with Gasteiger partial charge in [0.1, 0.15) is 5.75 Å². The lowest BCUT2D eigenvalue weighted by molar-refractivity contribution is 0.103. The van der Waals surface area contributed by atoms with E-state index in [1.54, 1.807) is 40.0 Å². The third-order valence-electron chi connectivity index (χ3n) is 3.46. The highest BCUT2D eigenvalue weighted by Crippen LogP contribution is 2.21. The predicted molar refractivity (Wildman–Crippen MR) is 87.5 cm³/mol. The number of benzene rings is 1. The fraction of sp³-hybridized carbons (Fsp3) is 0.222. The Morgan fingerprint density at radius 3 is 2.55 bits per heavy atom. The Morgan fingerprint density at radius 1 is 1.23 bits per heavy atom. The van der Waals surface area contributed by atoms with E-state index in [2.05, 4.69) is 4.98 Å². The van der Waals surface area contributed by atoms with Crippen molar-refractivity contribution in [3.8, 4) is 5.75 Å². The molecule has 0 aliphatic carbocycles. The van der Waals surface area contributed by atoms with Gasteiger partial charge in [0.25, 0.3) is 5.56 Å². The molecule has 0 amide bonds. The highest BCUT2D eigenvalue weighted by molar-refractivity contribution is 6.11. The quantitative estimate of drug-likeness (QED) is 0.696. The Hall–Kier alpha value is -2.62. The summed E-state index contributed by atoms with van der Waals surface area (Å²) < 4.78 is 5.27. The fourth-order valence-electron chi connectivity index (χ4n) is 2.42. The molecule has 0 fully saturated rings. The summed E-state index contributed by atoms with van der Waals surface area (Å²) in [7, 11) is 1.58. The molecule has 1 heterocycles. The number of hydrogen-bond acceptors (Lipinski definition) is 3. The van der Waals surface area contributed by atoms with Gasteiger partial charge in [-0.15, -0.1) is 0 Å². The molecular formula is C18H19NO3. The number of carbonyl (C=O) groups is 1. The van der Waals surface area contributed by atoms with E-state index in [1.165, 1.54) is 0 Å². The first-order chi connectivity index (χ1) is 10.4. The third kappa shape index (κ3) is 3.17.